The highest BCUT2D eigenvalue weighted by molar-refractivity contribution is 7.15. The summed E-state index contributed by atoms with van der Waals surface area (Å²) in [5.41, 5.74) is 5.39. The number of anilines is 1. The van der Waals surface area contributed by atoms with Gasteiger partial charge in [0, 0.05) is 10.9 Å². The third-order valence-corrected chi connectivity index (χ3v) is 6.47. The van der Waals surface area contributed by atoms with E-state index in [0.29, 0.717) is 10.6 Å². The number of carbonyl (C=O) groups excluding carboxylic acids is 2. The number of amides is 1. The van der Waals surface area contributed by atoms with Crippen LogP contribution in [-0.2, 0) is 16.0 Å². The first-order valence-electron chi connectivity index (χ1n) is 10.6. The van der Waals surface area contributed by atoms with Crippen LogP contribution in [0.5, 0.6) is 0 Å². The minimum atomic E-state index is -0.428. The number of carbonyl (C=O) groups is 2. The predicted molar refractivity (Wildman–Crippen MR) is 131 cm³/mol. The molecule has 0 spiro atoms. The number of rotatable bonds is 6. The Morgan fingerprint density at radius 3 is 2.53 bits per heavy atom. The van der Waals surface area contributed by atoms with Gasteiger partial charge in [0.05, 0.1) is 13.0 Å². The molecule has 4 rings (SSSR count). The molecular formula is C27H25NO3S. The molecule has 1 aromatic heterocycles. The lowest BCUT2D eigenvalue weighted by Crippen LogP contribution is -2.16. The maximum Gasteiger partial charge on any atom is 0.341 e. The van der Waals surface area contributed by atoms with Crippen molar-refractivity contribution in [3.8, 4) is 11.1 Å². The molecule has 0 aliphatic rings. The monoisotopic (exact) mass is 443 g/mol. The lowest BCUT2D eigenvalue weighted by molar-refractivity contribution is -0.115. The number of hydrogen-bond acceptors (Lipinski definition) is 4. The maximum atomic E-state index is 12.9. The summed E-state index contributed by atoms with van der Waals surface area (Å²) in [5.74, 6) is -0.595. The van der Waals surface area contributed by atoms with Crippen molar-refractivity contribution in [2.75, 3.05) is 11.9 Å². The number of esters is 1. The fourth-order valence-electron chi connectivity index (χ4n) is 3.77. The summed E-state index contributed by atoms with van der Waals surface area (Å²) in [6, 6.07) is 20.0. The molecule has 32 heavy (non-hydrogen) atoms. The van der Waals surface area contributed by atoms with Crippen molar-refractivity contribution >= 4 is 39.0 Å². The Morgan fingerprint density at radius 1 is 0.969 bits per heavy atom. The van der Waals surface area contributed by atoms with Crippen LogP contribution in [0.4, 0.5) is 5.00 Å². The molecule has 4 aromatic rings. The van der Waals surface area contributed by atoms with E-state index in [9.17, 15) is 9.59 Å². The highest BCUT2D eigenvalue weighted by Gasteiger charge is 2.23. The first kappa shape index (κ1) is 21.8. The van der Waals surface area contributed by atoms with Crippen molar-refractivity contribution in [2.24, 2.45) is 0 Å². The maximum absolute atomic E-state index is 12.9. The van der Waals surface area contributed by atoms with Gasteiger partial charge >= 0.3 is 5.97 Å². The topological polar surface area (TPSA) is 55.4 Å². The van der Waals surface area contributed by atoms with Crippen LogP contribution in [0.25, 0.3) is 21.9 Å². The van der Waals surface area contributed by atoms with Crippen LogP contribution in [0.1, 0.15) is 34.0 Å². The van der Waals surface area contributed by atoms with E-state index in [1.54, 1.807) is 6.92 Å². The summed E-state index contributed by atoms with van der Waals surface area (Å²) in [7, 11) is 0. The van der Waals surface area contributed by atoms with Gasteiger partial charge in [-0.1, -0.05) is 60.7 Å². The number of thiophene rings is 1. The quantitative estimate of drug-likeness (QED) is 0.344. The second-order valence-electron chi connectivity index (χ2n) is 7.74. The van der Waals surface area contributed by atoms with Crippen LogP contribution in [0.2, 0.25) is 0 Å². The second-order valence-corrected chi connectivity index (χ2v) is 8.62. The molecule has 0 bridgehead atoms. The smallest absolute Gasteiger partial charge is 0.341 e. The van der Waals surface area contributed by atoms with Crippen molar-refractivity contribution in [1.82, 2.24) is 0 Å². The first-order valence-corrected chi connectivity index (χ1v) is 11.5. The molecule has 0 saturated carbocycles. The van der Waals surface area contributed by atoms with E-state index in [0.717, 1.165) is 33.0 Å². The van der Waals surface area contributed by atoms with Crippen molar-refractivity contribution in [2.45, 2.75) is 27.2 Å². The van der Waals surface area contributed by atoms with Gasteiger partial charge in [-0.3, -0.25) is 4.79 Å². The average molecular weight is 444 g/mol. The Morgan fingerprint density at radius 2 is 1.75 bits per heavy atom. The van der Waals surface area contributed by atoms with Gasteiger partial charge in [0.25, 0.3) is 0 Å². The largest absolute Gasteiger partial charge is 0.462 e. The molecule has 1 amide bonds. The lowest BCUT2D eigenvalue weighted by Gasteiger charge is -2.11. The van der Waals surface area contributed by atoms with E-state index < -0.39 is 5.97 Å². The minimum absolute atomic E-state index is 0.166. The van der Waals surface area contributed by atoms with E-state index in [2.05, 4.69) is 18.3 Å². The molecule has 4 nitrogen and oxygen atoms in total. The fourth-order valence-corrected chi connectivity index (χ4v) is 4.74. The van der Waals surface area contributed by atoms with Gasteiger partial charge in [-0.2, -0.15) is 0 Å². The molecule has 0 aliphatic carbocycles. The number of ether oxygens (including phenoxy) is 1. The molecule has 5 heteroatoms. The van der Waals surface area contributed by atoms with Crippen LogP contribution in [0, 0.1) is 13.8 Å². The zero-order chi connectivity index (χ0) is 22.7. The highest BCUT2D eigenvalue weighted by atomic mass is 32.1. The van der Waals surface area contributed by atoms with Crippen LogP contribution in [0.15, 0.2) is 66.0 Å². The Balaban J connectivity index is 1.65. The fraction of sp³-hybridized carbons (Fsp3) is 0.185. The molecule has 0 aliphatic heterocycles. The van der Waals surface area contributed by atoms with E-state index in [4.69, 9.17) is 4.74 Å². The number of nitrogens with one attached hydrogen (secondary N) is 1. The molecule has 0 fully saturated rings. The molecule has 0 radical (unpaired) electrons. The summed E-state index contributed by atoms with van der Waals surface area (Å²) >= 11 is 1.34. The van der Waals surface area contributed by atoms with Crippen LogP contribution in [-0.4, -0.2) is 18.5 Å². The Labute approximate surface area is 191 Å². The zero-order valence-corrected chi connectivity index (χ0v) is 19.2. The normalized spacial score (nSPS) is 10.8. The number of benzene rings is 3. The molecule has 0 atom stereocenters. The standard InChI is InChI=1S/C27H25NO3S/c1-4-31-27(30)25-23(21-13-12-17(2)18(3)14-21)16-32-26(25)28-24(29)15-20-10-7-9-19-8-5-6-11-22(19)20/h5-14,16H,4,15H2,1-3H3,(H,28,29). The van der Waals surface area contributed by atoms with Crippen LogP contribution in [0.3, 0.4) is 0 Å². The second kappa shape index (κ2) is 9.37. The van der Waals surface area contributed by atoms with E-state index in [-0.39, 0.29) is 18.9 Å². The van der Waals surface area contributed by atoms with E-state index in [1.807, 2.05) is 66.9 Å². The summed E-state index contributed by atoms with van der Waals surface area (Å²) in [6.07, 6.45) is 0.223. The minimum Gasteiger partial charge on any atom is -0.462 e. The molecule has 1 heterocycles. The van der Waals surface area contributed by atoms with Gasteiger partial charge in [0.1, 0.15) is 10.6 Å². The zero-order valence-electron chi connectivity index (χ0n) is 18.4. The van der Waals surface area contributed by atoms with Gasteiger partial charge < -0.3 is 10.1 Å². The molecular weight excluding hydrogens is 418 g/mol. The SMILES string of the molecule is CCOC(=O)c1c(-c2ccc(C)c(C)c2)csc1NC(=O)Cc1cccc2ccccc12. The van der Waals surface area contributed by atoms with Gasteiger partial charge in [-0.05, 0) is 53.8 Å². The molecule has 162 valence electrons. The van der Waals surface area contributed by atoms with Gasteiger partial charge in [0.15, 0.2) is 0 Å². The third-order valence-electron chi connectivity index (χ3n) is 5.57. The van der Waals surface area contributed by atoms with E-state index >= 15 is 0 Å². The van der Waals surface area contributed by atoms with Crippen molar-refractivity contribution in [3.05, 3.63) is 88.3 Å². The Kier molecular flexibility index (Phi) is 6.37. The molecule has 0 unspecified atom stereocenters. The van der Waals surface area contributed by atoms with Crippen molar-refractivity contribution in [1.29, 1.82) is 0 Å². The average Bonchev–Trinajstić information content (AvgIpc) is 3.19. The van der Waals surface area contributed by atoms with Crippen molar-refractivity contribution in [3.63, 3.8) is 0 Å². The van der Waals surface area contributed by atoms with Crippen molar-refractivity contribution < 1.29 is 14.3 Å². The van der Waals surface area contributed by atoms with Gasteiger partial charge in [-0.25, -0.2) is 4.79 Å². The molecule has 3 aromatic carbocycles. The van der Waals surface area contributed by atoms with E-state index in [1.165, 1.54) is 16.9 Å². The lowest BCUT2D eigenvalue weighted by atomic mass is 9.99. The Bertz CT molecular complexity index is 1300. The van der Waals surface area contributed by atoms with Crippen LogP contribution >= 0.6 is 11.3 Å². The number of hydrogen-bond donors (Lipinski definition) is 1. The molecule has 1 N–H and O–H groups in total. The van der Waals surface area contributed by atoms with Crippen LogP contribution < -0.4 is 5.32 Å². The summed E-state index contributed by atoms with van der Waals surface area (Å²) < 4.78 is 5.32. The highest BCUT2D eigenvalue weighted by Crippen LogP contribution is 2.37. The summed E-state index contributed by atoms with van der Waals surface area (Å²) in [6.45, 7) is 6.14. The number of aryl methyl sites for hydroxylation is 2. The van der Waals surface area contributed by atoms with Gasteiger partial charge in [0.2, 0.25) is 5.91 Å². The number of fused-ring (bicyclic) bond motifs is 1. The first-order chi connectivity index (χ1) is 15.5. The molecule has 0 saturated heterocycles. The third kappa shape index (κ3) is 4.43. The Hall–Kier alpha value is -3.44. The summed E-state index contributed by atoms with van der Waals surface area (Å²) in [5, 5.41) is 7.53. The summed E-state index contributed by atoms with van der Waals surface area (Å²) in [4.78, 5) is 25.8. The van der Waals surface area contributed by atoms with Gasteiger partial charge in [-0.15, -0.1) is 11.3 Å². The predicted octanol–water partition coefficient (Wildman–Crippen LogP) is 6.54.